The van der Waals surface area contributed by atoms with E-state index in [4.69, 9.17) is 4.74 Å². The van der Waals surface area contributed by atoms with Crippen LogP contribution < -0.4 is 4.74 Å². The van der Waals surface area contributed by atoms with Crippen LogP contribution in [-0.4, -0.2) is 23.0 Å². The normalized spacial score (nSPS) is 11.1. The number of esters is 1. The SMILES string of the molecule is COC(=O)c1c(Br)nc(C(C)(F)F)nc1Oc1ccccc1. The van der Waals surface area contributed by atoms with Gasteiger partial charge in [0.15, 0.2) is 5.56 Å². The Kier molecular flexibility index (Phi) is 4.70. The summed E-state index contributed by atoms with van der Waals surface area (Å²) in [6, 6.07) is 8.34. The van der Waals surface area contributed by atoms with Crippen LogP contribution in [0.25, 0.3) is 0 Å². The van der Waals surface area contributed by atoms with Gasteiger partial charge in [0.05, 0.1) is 7.11 Å². The van der Waals surface area contributed by atoms with E-state index >= 15 is 0 Å². The van der Waals surface area contributed by atoms with Gasteiger partial charge in [-0.2, -0.15) is 13.8 Å². The fraction of sp³-hybridized carbons (Fsp3) is 0.214. The molecule has 8 heteroatoms. The van der Waals surface area contributed by atoms with Gasteiger partial charge in [0.2, 0.25) is 11.7 Å². The Morgan fingerprint density at radius 1 is 1.23 bits per heavy atom. The summed E-state index contributed by atoms with van der Waals surface area (Å²) in [5.41, 5.74) is -0.167. The van der Waals surface area contributed by atoms with Crippen molar-refractivity contribution in [2.45, 2.75) is 12.8 Å². The van der Waals surface area contributed by atoms with Crippen molar-refractivity contribution in [1.29, 1.82) is 0 Å². The van der Waals surface area contributed by atoms with Crippen LogP contribution in [0.2, 0.25) is 0 Å². The van der Waals surface area contributed by atoms with Crippen molar-refractivity contribution in [3.8, 4) is 11.6 Å². The lowest BCUT2D eigenvalue weighted by Gasteiger charge is -2.14. The molecule has 0 saturated carbocycles. The van der Waals surface area contributed by atoms with Crippen molar-refractivity contribution in [2.24, 2.45) is 0 Å². The van der Waals surface area contributed by atoms with E-state index in [1.165, 1.54) is 0 Å². The van der Waals surface area contributed by atoms with Gasteiger partial charge in [-0.05, 0) is 28.1 Å². The summed E-state index contributed by atoms with van der Waals surface area (Å²) in [5.74, 6) is -4.83. The molecule has 1 aromatic heterocycles. The lowest BCUT2D eigenvalue weighted by atomic mass is 10.3. The van der Waals surface area contributed by atoms with Gasteiger partial charge < -0.3 is 9.47 Å². The molecule has 0 radical (unpaired) electrons. The van der Waals surface area contributed by atoms with Gasteiger partial charge in [-0.25, -0.2) is 9.78 Å². The molecule has 0 N–H and O–H groups in total. The molecule has 0 saturated heterocycles. The molecule has 1 heterocycles. The highest BCUT2D eigenvalue weighted by Crippen LogP contribution is 2.33. The summed E-state index contributed by atoms with van der Waals surface area (Å²) < 4.78 is 36.8. The number of rotatable bonds is 4. The van der Waals surface area contributed by atoms with Crippen LogP contribution >= 0.6 is 15.9 Å². The fourth-order valence-electron chi connectivity index (χ4n) is 1.56. The average molecular weight is 373 g/mol. The highest BCUT2D eigenvalue weighted by molar-refractivity contribution is 9.10. The van der Waals surface area contributed by atoms with E-state index in [2.05, 4.69) is 30.6 Å². The third-order valence-corrected chi connectivity index (χ3v) is 3.15. The van der Waals surface area contributed by atoms with E-state index in [0.29, 0.717) is 12.7 Å². The van der Waals surface area contributed by atoms with Gasteiger partial charge in [0.1, 0.15) is 10.4 Å². The molecule has 0 fully saturated rings. The first kappa shape index (κ1) is 16.3. The largest absolute Gasteiger partial charge is 0.465 e. The molecule has 0 unspecified atom stereocenters. The number of alkyl halides is 2. The monoisotopic (exact) mass is 372 g/mol. The highest BCUT2D eigenvalue weighted by atomic mass is 79.9. The van der Waals surface area contributed by atoms with Gasteiger partial charge in [-0.3, -0.25) is 0 Å². The number of hydrogen-bond acceptors (Lipinski definition) is 5. The summed E-state index contributed by atoms with van der Waals surface area (Å²) in [6.07, 6.45) is 0. The van der Waals surface area contributed by atoms with Gasteiger partial charge in [0.25, 0.3) is 0 Å². The van der Waals surface area contributed by atoms with Crippen molar-refractivity contribution in [2.75, 3.05) is 7.11 Å². The van der Waals surface area contributed by atoms with Crippen LogP contribution in [-0.2, 0) is 10.7 Å². The van der Waals surface area contributed by atoms with E-state index in [-0.39, 0.29) is 16.0 Å². The minimum Gasteiger partial charge on any atom is -0.465 e. The van der Waals surface area contributed by atoms with Crippen molar-refractivity contribution in [1.82, 2.24) is 9.97 Å². The van der Waals surface area contributed by atoms with E-state index in [1.54, 1.807) is 30.3 Å². The maximum atomic E-state index is 13.5. The topological polar surface area (TPSA) is 61.3 Å². The number of methoxy groups -OCH3 is 1. The molecule has 1 aromatic carbocycles. The number of halogens is 3. The van der Waals surface area contributed by atoms with Crippen molar-refractivity contribution >= 4 is 21.9 Å². The second kappa shape index (κ2) is 6.35. The molecule has 0 atom stereocenters. The Balaban J connectivity index is 2.56. The zero-order valence-electron chi connectivity index (χ0n) is 11.6. The lowest BCUT2D eigenvalue weighted by molar-refractivity contribution is 0.00676. The molecule has 0 aliphatic rings. The summed E-state index contributed by atoms with van der Waals surface area (Å²) in [5, 5.41) is 0. The second-order valence-electron chi connectivity index (χ2n) is 4.31. The third-order valence-electron chi connectivity index (χ3n) is 2.57. The van der Waals surface area contributed by atoms with E-state index in [1.807, 2.05) is 0 Å². The molecular weight excluding hydrogens is 362 g/mol. The van der Waals surface area contributed by atoms with Gasteiger partial charge in [-0.15, -0.1) is 0 Å². The van der Waals surface area contributed by atoms with Crippen LogP contribution in [0.5, 0.6) is 11.6 Å². The zero-order valence-corrected chi connectivity index (χ0v) is 13.2. The number of nitrogens with zero attached hydrogens (tertiary/aromatic N) is 2. The smallest absolute Gasteiger partial charge is 0.346 e. The van der Waals surface area contributed by atoms with Gasteiger partial charge >= 0.3 is 11.9 Å². The van der Waals surface area contributed by atoms with E-state index in [9.17, 15) is 13.6 Å². The minimum atomic E-state index is -3.29. The average Bonchev–Trinajstić information content (AvgIpc) is 2.46. The molecule has 0 aliphatic carbocycles. The van der Waals surface area contributed by atoms with E-state index < -0.39 is 17.7 Å². The molecule has 116 valence electrons. The molecule has 0 spiro atoms. The Bertz CT molecular complexity index is 690. The van der Waals surface area contributed by atoms with Crippen molar-refractivity contribution < 1.29 is 23.0 Å². The molecule has 2 rings (SSSR count). The Labute approximate surface area is 133 Å². The van der Waals surface area contributed by atoms with Crippen LogP contribution in [0.1, 0.15) is 23.1 Å². The predicted octanol–water partition coefficient (Wildman–Crippen LogP) is 3.93. The highest BCUT2D eigenvalue weighted by Gasteiger charge is 2.32. The Morgan fingerprint density at radius 2 is 1.86 bits per heavy atom. The molecule has 0 aliphatic heterocycles. The van der Waals surface area contributed by atoms with Crippen LogP contribution in [0.4, 0.5) is 8.78 Å². The van der Waals surface area contributed by atoms with Crippen molar-refractivity contribution in [3.05, 3.63) is 46.3 Å². The first-order valence-corrected chi connectivity index (χ1v) is 6.89. The fourth-order valence-corrected chi connectivity index (χ4v) is 2.06. The molecule has 2 aromatic rings. The predicted molar refractivity (Wildman–Crippen MR) is 77.2 cm³/mol. The lowest BCUT2D eigenvalue weighted by Crippen LogP contribution is -2.17. The first-order valence-electron chi connectivity index (χ1n) is 6.10. The van der Waals surface area contributed by atoms with E-state index in [0.717, 1.165) is 7.11 Å². The number of aromatic nitrogens is 2. The maximum Gasteiger partial charge on any atom is 0.346 e. The first-order chi connectivity index (χ1) is 10.3. The second-order valence-corrected chi connectivity index (χ2v) is 5.06. The summed E-state index contributed by atoms with van der Waals surface area (Å²) in [7, 11) is 1.16. The summed E-state index contributed by atoms with van der Waals surface area (Å²) >= 11 is 2.98. The number of benzene rings is 1. The third kappa shape index (κ3) is 3.56. The molecule has 22 heavy (non-hydrogen) atoms. The quantitative estimate of drug-likeness (QED) is 0.600. The number of ether oxygens (including phenoxy) is 2. The zero-order chi connectivity index (χ0) is 16.3. The van der Waals surface area contributed by atoms with Gasteiger partial charge in [-0.1, -0.05) is 18.2 Å². The Hall–Kier alpha value is -2.09. The minimum absolute atomic E-state index is 0.128. The standard InChI is InChI=1S/C14H11BrF2N2O3/c1-14(16,17)13-18-10(15)9(12(20)21-2)11(19-13)22-8-6-4-3-5-7-8/h3-7H,1-2H3. The summed E-state index contributed by atoms with van der Waals surface area (Å²) in [6.45, 7) is 0.652. The van der Waals surface area contributed by atoms with Crippen LogP contribution in [0, 0.1) is 0 Å². The molecule has 5 nitrogen and oxygen atoms in total. The molecular formula is C14H11BrF2N2O3. The number of carbonyl (C=O) groups is 1. The number of para-hydroxylation sites is 1. The number of carbonyl (C=O) groups excluding carboxylic acids is 1. The Morgan fingerprint density at radius 3 is 2.41 bits per heavy atom. The molecule has 0 amide bonds. The molecule has 0 bridgehead atoms. The van der Waals surface area contributed by atoms with Crippen LogP contribution in [0.3, 0.4) is 0 Å². The van der Waals surface area contributed by atoms with Gasteiger partial charge in [0, 0.05) is 6.92 Å². The maximum absolute atomic E-state index is 13.5. The summed E-state index contributed by atoms with van der Waals surface area (Å²) in [4.78, 5) is 19.1. The van der Waals surface area contributed by atoms with Crippen molar-refractivity contribution in [3.63, 3.8) is 0 Å². The number of hydrogen-bond donors (Lipinski definition) is 0. The van der Waals surface area contributed by atoms with Crippen LogP contribution in [0.15, 0.2) is 34.9 Å².